The maximum absolute atomic E-state index is 13.1. The molecule has 4 rings (SSSR count). The van der Waals surface area contributed by atoms with Crippen LogP contribution in [0.4, 0.5) is 0 Å². The van der Waals surface area contributed by atoms with Crippen molar-refractivity contribution in [3.8, 4) is 17.3 Å². The summed E-state index contributed by atoms with van der Waals surface area (Å²) in [5.74, 6) is 0. The van der Waals surface area contributed by atoms with Crippen molar-refractivity contribution < 1.29 is 8.73 Å². The lowest BCUT2D eigenvalue weighted by Crippen LogP contribution is -2.37. The average molecular weight is 445 g/mol. The highest BCUT2D eigenvalue weighted by Crippen LogP contribution is 2.34. The molecule has 7 heteroatoms. The molecule has 2 heterocycles. The van der Waals surface area contributed by atoms with Gasteiger partial charge in [0.15, 0.2) is 5.58 Å². The van der Waals surface area contributed by atoms with Gasteiger partial charge in [0, 0.05) is 23.6 Å². The molecular weight excluding hydrogens is 420 g/mol. The fourth-order valence-electron chi connectivity index (χ4n) is 3.51. The zero-order chi connectivity index (χ0) is 22.7. The highest BCUT2D eigenvalue weighted by molar-refractivity contribution is 7.84. The third-order valence-electron chi connectivity index (χ3n) is 5.18. The van der Waals surface area contributed by atoms with Crippen LogP contribution in [0.25, 0.3) is 22.2 Å². The van der Waals surface area contributed by atoms with Gasteiger partial charge >= 0.3 is 0 Å². The minimum atomic E-state index is -1.34. The number of pyridine rings is 1. The van der Waals surface area contributed by atoms with Crippen LogP contribution in [0, 0.1) is 11.3 Å². The lowest BCUT2D eigenvalue weighted by Gasteiger charge is -2.26. The molecule has 0 bridgehead atoms. The summed E-state index contributed by atoms with van der Waals surface area (Å²) in [6.07, 6.45) is 2.07. The zero-order valence-electron chi connectivity index (χ0n) is 18.2. The Kier molecular flexibility index (Phi) is 6.17. The topological polar surface area (TPSA) is 91.8 Å². The molecule has 0 aliphatic carbocycles. The summed E-state index contributed by atoms with van der Waals surface area (Å²) in [7, 11) is -1.34. The first-order chi connectivity index (χ1) is 15.4. The number of hydrogen-bond acceptors (Lipinski definition) is 5. The zero-order valence-corrected chi connectivity index (χ0v) is 19.0. The minimum Gasteiger partial charge on any atom is -0.356 e. The van der Waals surface area contributed by atoms with E-state index in [9.17, 15) is 9.47 Å². The average Bonchev–Trinajstić information content (AvgIpc) is 3.22. The van der Waals surface area contributed by atoms with Crippen LogP contribution >= 0.6 is 0 Å². The number of nitriles is 1. The molecule has 2 aromatic heterocycles. The van der Waals surface area contributed by atoms with Crippen LogP contribution in [-0.4, -0.2) is 19.1 Å². The molecule has 0 fully saturated rings. The Hall–Kier alpha value is -3.34. The van der Waals surface area contributed by atoms with E-state index in [1.54, 1.807) is 18.3 Å². The van der Waals surface area contributed by atoms with Crippen molar-refractivity contribution in [1.82, 2.24) is 14.9 Å². The van der Waals surface area contributed by atoms with Gasteiger partial charge in [0.1, 0.15) is 11.8 Å². The van der Waals surface area contributed by atoms with Crippen LogP contribution in [0.1, 0.15) is 43.6 Å². The Morgan fingerprint density at radius 1 is 1.09 bits per heavy atom. The molecule has 0 unspecified atom stereocenters. The normalized spacial score (nSPS) is 13.6. The summed E-state index contributed by atoms with van der Waals surface area (Å²) >= 11 is 0. The number of benzene rings is 2. The summed E-state index contributed by atoms with van der Waals surface area (Å²) in [4.78, 5) is 4.43. The van der Waals surface area contributed by atoms with E-state index in [1.165, 1.54) is 0 Å². The molecule has 0 saturated heterocycles. The molecule has 2 aromatic carbocycles. The lowest BCUT2D eigenvalue weighted by atomic mass is 9.93. The van der Waals surface area contributed by atoms with Gasteiger partial charge in [-0.25, -0.2) is 8.93 Å². The molecule has 0 amide bonds. The molecular formula is C25H24N4O2S. The summed E-state index contributed by atoms with van der Waals surface area (Å²) in [5.41, 5.74) is 4.39. The Labute approximate surface area is 189 Å². The smallest absolute Gasteiger partial charge is 0.167 e. The van der Waals surface area contributed by atoms with Crippen molar-refractivity contribution in [2.24, 2.45) is 0 Å². The second-order valence-corrected chi connectivity index (χ2v) is 10.5. The maximum atomic E-state index is 13.1. The number of hydrogen-bond donors (Lipinski definition) is 1. The Morgan fingerprint density at radius 3 is 2.62 bits per heavy atom. The van der Waals surface area contributed by atoms with Gasteiger partial charge in [-0.05, 0) is 50.6 Å². The Balaban J connectivity index is 1.83. The minimum absolute atomic E-state index is 0.358. The van der Waals surface area contributed by atoms with Gasteiger partial charge in [-0.1, -0.05) is 41.6 Å². The Morgan fingerprint density at radius 2 is 1.84 bits per heavy atom. The number of rotatable bonds is 6. The fourth-order valence-corrected chi connectivity index (χ4v) is 4.34. The van der Waals surface area contributed by atoms with Crippen molar-refractivity contribution in [3.05, 3.63) is 83.7 Å². The van der Waals surface area contributed by atoms with Gasteiger partial charge in [0.05, 0.1) is 33.0 Å². The summed E-state index contributed by atoms with van der Waals surface area (Å²) < 4.78 is 21.5. The maximum Gasteiger partial charge on any atom is 0.167 e. The second-order valence-electron chi connectivity index (χ2n) is 8.48. The summed E-state index contributed by atoms with van der Waals surface area (Å²) in [6, 6.07) is 20.9. The molecule has 162 valence electrons. The van der Waals surface area contributed by atoms with E-state index >= 15 is 0 Å². The predicted molar refractivity (Wildman–Crippen MR) is 126 cm³/mol. The first-order valence-electron chi connectivity index (χ1n) is 10.3. The van der Waals surface area contributed by atoms with Gasteiger partial charge in [-0.3, -0.25) is 4.98 Å². The first-order valence-corrected chi connectivity index (χ1v) is 11.5. The third kappa shape index (κ3) is 4.47. The van der Waals surface area contributed by atoms with Gasteiger partial charge in [-0.15, -0.1) is 0 Å². The van der Waals surface area contributed by atoms with Crippen LogP contribution in [0.2, 0.25) is 0 Å². The molecule has 0 spiro atoms. The van der Waals surface area contributed by atoms with Crippen LogP contribution in [0.5, 0.6) is 0 Å². The van der Waals surface area contributed by atoms with Gasteiger partial charge in [-0.2, -0.15) is 5.26 Å². The summed E-state index contributed by atoms with van der Waals surface area (Å²) in [5, 5.41) is 14.8. The number of nitrogens with one attached hydrogen (secondary N) is 1. The van der Waals surface area contributed by atoms with Gasteiger partial charge < -0.3 is 4.52 Å². The van der Waals surface area contributed by atoms with Crippen molar-refractivity contribution in [3.63, 3.8) is 0 Å². The largest absolute Gasteiger partial charge is 0.356 e. The van der Waals surface area contributed by atoms with Crippen LogP contribution in [-0.2, 0) is 17.4 Å². The van der Waals surface area contributed by atoms with Crippen molar-refractivity contribution >= 4 is 22.0 Å². The molecule has 6 nitrogen and oxygen atoms in total. The highest BCUT2D eigenvalue weighted by Gasteiger charge is 2.27. The number of para-hydroxylation sites is 1. The van der Waals surface area contributed by atoms with Crippen molar-refractivity contribution in [1.29, 1.82) is 5.26 Å². The van der Waals surface area contributed by atoms with Gasteiger partial charge in [0.2, 0.25) is 0 Å². The predicted octanol–water partition coefficient (Wildman–Crippen LogP) is 5.10. The van der Waals surface area contributed by atoms with E-state index in [4.69, 9.17) is 4.52 Å². The molecule has 0 radical (unpaired) electrons. The van der Waals surface area contributed by atoms with Gasteiger partial charge in [0.25, 0.3) is 0 Å². The quantitative estimate of drug-likeness (QED) is 0.447. The molecule has 4 aromatic rings. The van der Waals surface area contributed by atoms with E-state index in [0.717, 1.165) is 22.2 Å². The SMILES string of the molecule is CC(C)(C)[S@](=O)N[C@@H](Cc1ncccc1C#N)c1ccccc1-c1noc2ccccc12. The van der Waals surface area contributed by atoms with E-state index in [-0.39, 0.29) is 6.04 Å². The standard InChI is InChI=1S/C25H24N4O2S/c1-25(2,3)32(30)29-22(15-21-17(16-26)9-8-14-27-21)18-10-4-5-11-19(18)24-20-12-6-7-13-23(20)31-28-24/h4-14,22,29H,15H2,1-3H3/t22-,32-/m0/s1. The van der Waals surface area contributed by atoms with E-state index in [1.807, 2.05) is 69.3 Å². The van der Waals surface area contributed by atoms with Crippen LogP contribution in [0.15, 0.2) is 71.4 Å². The molecule has 0 aliphatic rings. The molecule has 0 aliphatic heterocycles. The van der Waals surface area contributed by atoms with Crippen LogP contribution < -0.4 is 4.72 Å². The molecule has 0 saturated carbocycles. The Bertz CT molecular complexity index is 1320. The van der Waals surface area contributed by atoms with Crippen molar-refractivity contribution in [2.75, 3.05) is 0 Å². The second kappa shape index (κ2) is 9.03. The molecule has 2 atom stereocenters. The molecule has 1 N–H and O–H groups in total. The van der Waals surface area contributed by atoms with E-state index < -0.39 is 15.7 Å². The first kappa shape index (κ1) is 21.9. The number of nitrogens with zero attached hydrogens (tertiary/aromatic N) is 3. The van der Waals surface area contributed by atoms with E-state index in [2.05, 4.69) is 20.9 Å². The van der Waals surface area contributed by atoms with E-state index in [0.29, 0.717) is 23.3 Å². The number of fused-ring (bicyclic) bond motifs is 1. The fraction of sp³-hybridized carbons (Fsp3) is 0.240. The highest BCUT2D eigenvalue weighted by atomic mass is 32.2. The van der Waals surface area contributed by atoms with Crippen molar-refractivity contribution in [2.45, 2.75) is 38.0 Å². The van der Waals surface area contributed by atoms with Crippen LogP contribution in [0.3, 0.4) is 0 Å². The summed E-state index contributed by atoms with van der Waals surface area (Å²) in [6.45, 7) is 5.77. The third-order valence-corrected chi connectivity index (χ3v) is 6.79. The number of aromatic nitrogens is 2. The molecule has 32 heavy (non-hydrogen) atoms. The lowest BCUT2D eigenvalue weighted by molar-refractivity contribution is 0.459. The monoisotopic (exact) mass is 444 g/mol.